The van der Waals surface area contributed by atoms with Crippen molar-refractivity contribution < 1.29 is 9.47 Å². The molecule has 1 aromatic carbocycles. The molecule has 0 amide bonds. The van der Waals surface area contributed by atoms with E-state index in [1.54, 1.807) is 14.2 Å². The fraction of sp³-hybridized carbons (Fsp3) is 0.429. The molecule has 0 spiro atoms. The van der Waals surface area contributed by atoms with E-state index in [0.29, 0.717) is 11.5 Å². The molecule has 0 saturated heterocycles. The first-order valence-corrected chi connectivity index (χ1v) is 7.27. The number of aryl methyl sites for hydroxylation is 1. The molecule has 108 valence electrons. The van der Waals surface area contributed by atoms with Gasteiger partial charge in [0, 0.05) is 0 Å². The van der Waals surface area contributed by atoms with Crippen molar-refractivity contribution in [3.05, 3.63) is 34.3 Å². The van der Waals surface area contributed by atoms with Gasteiger partial charge in [-0.05, 0) is 35.6 Å². The van der Waals surface area contributed by atoms with Crippen LogP contribution in [-0.4, -0.2) is 23.8 Å². The molecule has 6 heteroatoms. The number of benzene rings is 1. The van der Waals surface area contributed by atoms with Crippen molar-refractivity contribution in [3.63, 3.8) is 0 Å². The summed E-state index contributed by atoms with van der Waals surface area (Å²) in [6.07, 6.45) is 1.92. The number of rotatable bonds is 6. The Morgan fingerprint density at radius 1 is 1.25 bits per heavy atom. The minimum atomic E-state index is -0.239. The summed E-state index contributed by atoms with van der Waals surface area (Å²) in [5.41, 5.74) is 8.29. The van der Waals surface area contributed by atoms with E-state index in [0.717, 1.165) is 29.0 Å². The third-order valence-corrected chi connectivity index (χ3v) is 3.97. The van der Waals surface area contributed by atoms with Gasteiger partial charge in [-0.2, -0.15) is 0 Å². The lowest BCUT2D eigenvalue weighted by atomic mass is 10.0. The third kappa shape index (κ3) is 2.91. The van der Waals surface area contributed by atoms with Gasteiger partial charge in [0.2, 0.25) is 0 Å². The summed E-state index contributed by atoms with van der Waals surface area (Å²) in [6, 6.07) is 5.47. The highest BCUT2D eigenvalue weighted by Crippen LogP contribution is 2.33. The highest BCUT2D eigenvalue weighted by molar-refractivity contribution is 7.05. The fourth-order valence-electron chi connectivity index (χ4n) is 2.06. The van der Waals surface area contributed by atoms with Crippen LogP contribution < -0.4 is 15.2 Å². The van der Waals surface area contributed by atoms with E-state index >= 15 is 0 Å². The molecule has 0 bridgehead atoms. The number of hydrogen-bond donors (Lipinski definition) is 1. The zero-order valence-corrected chi connectivity index (χ0v) is 12.7. The minimum Gasteiger partial charge on any atom is -0.493 e. The van der Waals surface area contributed by atoms with Crippen molar-refractivity contribution in [2.24, 2.45) is 5.73 Å². The van der Waals surface area contributed by atoms with Gasteiger partial charge >= 0.3 is 0 Å². The van der Waals surface area contributed by atoms with Gasteiger partial charge in [-0.3, -0.25) is 0 Å². The molecule has 20 heavy (non-hydrogen) atoms. The fourth-order valence-corrected chi connectivity index (χ4v) is 2.78. The summed E-state index contributed by atoms with van der Waals surface area (Å²) >= 11 is 1.36. The largest absolute Gasteiger partial charge is 0.493 e. The Kier molecular flexibility index (Phi) is 4.92. The average molecular weight is 293 g/mol. The van der Waals surface area contributed by atoms with Gasteiger partial charge < -0.3 is 15.2 Å². The van der Waals surface area contributed by atoms with Crippen LogP contribution in [0.3, 0.4) is 0 Å². The maximum atomic E-state index is 6.34. The molecule has 1 heterocycles. The van der Waals surface area contributed by atoms with Crippen LogP contribution in [-0.2, 0) is 6.42 Å². The van der Waals surface area contributed by atoms with E-state index in [1.807, 2.05) is 18.2 Å². The Balaban J connectivity index is 2.32. The summed E-state index contributed by atoms with van der Waals surface area (Å²) in [5.74, 6) is 1.37. The summed E-state index contributed by atoms with van der Waals surface area (Å²) in [7, 11) is 3.23. The van der Waals surface area contributed by atoms with Crippen LogP contribution in [0.15, 0.2) is 18.2 Å². The second kappa shape index (κ2) is 6.67. The molecule has 0 radical (unpaired) electrons. The standard InChI is InChI=1S/C14H19N3O2S/c1-4-5-10-14(20-17-16-10)13(15)9-6-7-11(18-2)12(8-9)19-3/h6-8,13H,4-5,15H2,1-3H3. The predicted molar refractivity (Wildman–Crippen MR) is 79.5 cm³/mol. The molecular formula is C14H19N3O2S. The first-order valence-electron chi connectivity index (χ1n) is 6.49. The first-order chi connectivity index (χ1) is 9.71. The maximum absolute atomic E-state index is 6.34. The molecule has 1 atom stereocenters. The quantitative estimate of drug-likeness (QED) is 0.886. The Morgan fingerprint density at radius 2 is 2.00 bits per heavy atom. The highest BCUT2D eigenvalue weighted by atomic mass is 32.1. The summed E-state index contributed by atoms with van der Waals surface area (Å²) < 4.78 is 14.6. The number of nitrogens with zero attached hydrogens (tertiary/aromatic N) is 2. The number of methoxy groups -OCH3 is 2. The van der Waals surface area contributed by atoms with Crippen LogP contribution in [0.4, 0.5) is 0 Å². The molecule has 2 rings (SSSR count). The smallest absolute Gasteiger partial charge is 0.161 e. The second-order valence-corrected chi connectivity index (χ2v) is 5.21. The molecule has 0 saturated carbocycles. The molecule has 2 aromatic rings. The van der Waals surface area contributed by atoms with E-state index in [1.165, 1.54) is 11.5 Å². The Labute approximate surface area is 122 Å². The number of aromatic nitrogens is 2. The van der Waals surface area contributed by atoms with E-state index in [9.17, 15) is 0 Å². The lowest BCUT2D eigenvalue weighted by Gasteiger charge is -2.14. The number of nitrogens with two attached hydrogens (primary N) is 1. The molecule has 1 aromatic heterocycles. The van der Waals surface area contributed by atoms with Gasteiger partial charge in [0.15, 0.2) is 11.5 Å². The van der Waals surface area contributed by atoms with Gasteiger partial charge in [-0.1, -0.05) is 23.9 Å². The van der Waals surface area contributed by atoms with Crippen molar-refractivity contribution in [3.8, 4) is 11.5 Å². The van der Waals surface area contributed by atoms with Crippen LogP contribution in [0, 0.1) is 0 Å². The zero-order chi connectivity index (χ0) is 14.5. The lowest BCUT2D eigenvalue weighted by Crippen LogP contribution is -2.12. The average Bonchev–Trinajstić information content (AvgIpc) is 2.94. The Bertz CT molecular complexity index is 571. The van der Waals surface area contributed by atoms with E-state index < -0.39 is 0 Å². The van der Waals surface area contributed by atoms with Crippen LogP contribution in [0.2, 0.25) is 0 Å². The van der Waals surface area contributed by atoms with Gasteiger partial charge in [-0.15, -0.1) is 5.10 Å². The summed E-state index contributed by atoms with van der Waals surface area (Å²) in [6.45, 7) is 2.12. The number of ether oxygens (including phenoxy) is 2. The molecule has 0 aliphatic carbocycles. The Morgan fingerprint density at radius 3 is 2.65 bits per heavy atom. The van der Waals surface area contributed by atoms with Gasteiger partial charge in [0.05, 0.1) is 30.8 Å². The first kappa shape index (κ1) is 14.7. The van der Waals surface area contributed by atoms with Crippen LogP contribution in [0.25, 0.3) is 0 Å². The zero-order valence-electron chi connectivity index (χ0n) is 11.9. The summed E-state index contributed by atoms with van der Waals surface area (Å²) in [4.78, 5) is 1.01. The minimum absolute atomic E-state index is 0.239. The molecule has 0 fully saturated rings. The van der Waals surface area contributed by atoms with E-state index in [-0.39, 0.29) is 6.04 Å². The van der Waals surface area contributed by atoms with Gasteiger partial charge in [-0.25, -0.2) is 0 Å². The van der Waals surface area contributed by atoms with Crippen molar-refractivity contribution >= 4 is 11.5 Å². The van der Waals surface area contributed by atoms with E-state index in [2.05, 4.69) is 16.5 Å². The monoisotopic (exact) mass is 293 g/mol. The maximum Gasteiger partial charge on any atom is 0.161 e. The predicted octanol–water partition coefficient (Wildman–Crippen LogP) is 2.56. The van der Waals surface area contributed by atoms with Crippen LogP contribution in [0.1, 0.15) is 35.5 Å². The number of hydrogen-bond acceptors (Lipinski definition) is 6. The molecule has 2 N–H and O–H groups in total. The lowest BCUT2D eigenvalue weighted by molar-refractivity contribution is 0.354. The Hall–Kier alpha value is -1.66. The van der Waals surface area contributed by atoms with Crippen LogP contribution in [0.5, 0.6) is 11.5 Å². The second-order valence-electron chi connectivity index (χ2n) is 4.43. The highest BCUT2D eigenvalue weighted by Gasteiger charge is 2.18. The molecule has 0 aliphatic rings. The van der Waals surface area contributed by atoms with E-state index in [4.69, 9.17) is 15.2 Å². The van der Waals surface area contributed by atoms with Crippen LogP contribution >= 0.6 is 11.5 Å². The molecular weight excluding hydrogens is 274 g/mol. The van der Waals surface area contributed by atoms with Gasteiger partial charge in [0.25, 0.3) is 0 Å². The van der Waals surface area contributed by atoms with Crippen molar-refractivity contribution in [2.45, 2.75) is 25.8 Å². The molecule has 0 aliphatic heterocycles. The van der Waals surface area contributed by atoms with Crippen molar-refractivity contribution in [2.75, 3.05) is 14.2 Å². The topological polar surface area (TPSA) is 70.3 Å². The SMILES string of the molecule is CCCc1nnsc1C(N)c1ccc(OC)c(OC)c1. The molecule has 5 nitrogen and oxygen atoms in total. The summed E-state index contributed by atoms with van der Waals surface area (Å²) in [5, 5.41) is 4.16. The normalized spacial score (nSPS) is 12.2. The molecule has 1 unspecified atom stereocenters. The van der Waals surface area contributed by atoms with Crippen molar-refractivity contribution in [1.29, 1.82) is 0 Å². The third-order valence-electron chi connectivity index (χ3n) is 3.12. The van der Waals surface area contributed by atoms with Gasteiger partial charge in [0.1, 0.15) is 0 Å². The van der Waals surface area contributed by atoms with Crippen molar-refractivity contribution in [1.82, 2.24) is 9.59 Å².